The van der Waals surface area contributed by atoms with Gasteiger partial charge in [0.25, 0.3) is 10.0 Å². The number of nitrogens with one attached hydrogen (secondary N) is 1. The lowest BCUT2D eigenvalue weighted by Crippen LogP contribution is -2.54. The third-order valence-corrected chi connectivity index (χ3v) is 9.82. The minimum Gasteiger partial charge on any atom is -0.352 e. The second-order valence-corrected chi connectivity index (χ2v) is 14.0. The number of sulfonamides is 1. The van der Waals surface area contributed by atoms with Gasteiger partial charge >= 0.3 is 0 Å². The molecule has 4 aromatic carbocycles. The molecule has 1 atom stereocenters. The van der Waals surface area contributed by atoms with Gasteiger partial charge in [0.2, 0.25) is 11.8 Å². The minimum absolute atomic E-state index is 0.0156. The van der Waals surface area contributed by atoms with Crippen LogP contribution in [-0.2, 0) is 32.6 Å². The molecular formula is C33H32BrCl2N3O4S. The Morgan fingerprint density at radius 3 is 2.02 bits per heavy atom. The van der Waals surface area contributed by atoms with Crippen molar-refractivity contribution in [2.75, 3.05) is 10.8 Å². The standard InChI is InChI=1S/C33H32BrCl2N3O4S/c1-23(2)37-33(41)31(20-24-9-5-3-6-10-24)38(21-25-13-18-29(35)30(36)19-25)32(40)22-39(27-16-14-26(34)15-17-27)44(42,43)28-11-7-4-8-12-28/h3-19,23,31H,20-22H2,1-2H3,(H,37,41)/t31-/m0/s1. The molecule has 0 aliphatic carbocycles. The first-order valence-corrected chi connectivity index (χ1v) is 16.9. The maximum absolute atomic E-state index is 14.4. The molecule has 4 rings (SSSR count). The fourth-order valence-electron chi connectivity index (χ4n) is 4.63. The number of carbonyl (C=O) groups excluding carboxylic acids is 2. The average Bonchev–Trinajstić information content (AvgIpc) is 3.00. The molecule has 44 heavy (non-hydrogen) atoms. The molecule has 0 aliphatic heterocycles. The molecule has 4 aromatic rings. The molecule has 0 bridgehead atoms. The second kappa shape index (κ2) is 15.1. The number of anilines is 1. The molecule has 0 unspecified atom stereocenters. The predicted octanol–water partition coefficient (Wildman–Crippen LogP) is 7.12. The van der Waals surface area contributed by atoms with Crippen LogP contribution < -0.4 is 9.62 Å². The molecular weight excluding hydrogens is 685 g/mol. The van der Waals surface area contributed by atoms with Gasteiger partial charge in [-0.3, -0.25) is 13.9 Å². The highest BCUT2D eigenvalue weighted by Gasteiger charge is 2.34. The molecule has 230 valence electrons. The summed E-state index contributed by atoms with van der Waals surface area (Å²) in [6, 6.07) is 27.7. The molecule has 0 saturated carbocycles. The van der Waals surface area contributed by atoms with Crippen LogP contribution in [0.3, 0.4) is 0 Å². The minimum atomic E-state index is -4.17. The van der Waals surface area contributed by atoms with Crippen LogP contribution in [0.2, 0.25) is 10.0 Å². The van der Waals surface area contributed by atoms with Gasteiger partial charge in [0, 0.05) is 23.5 Å². The number of halogens is 3. The van der Waals surface area contributed by atoms with Gasteiger partial charge in [0.05, 0.1) is 20.6 Å². The number of amides is 2. The van der Waals surface area contributed by atoms with Crippen LogP contribution in [-0.4, -0.2) is 43.8 Å². The van der Waals surface area contributed by atoms with Gasteiger partial charge in [-0.25, -0.2) is 8.42 Å². The first-order chi connectivity index (χ1) is 21.0. The lowest BCUT2D eigenvalue weighted by molar-refractivity contribution is -0.140. The lowest BCUT2D eigenvalue weighted by atomic mass is 10.0. The van der Waals surface area contributed by atoms with E-state index in [1.54, 1.807) is 60.7 Å². The molecule has 2 amide bonds. The molecule has 7 nitrogen and oxygen atoms in total. The van der Waals surface area contributed by atoms with Crippen LogP contribution in [0.15, 0.2) is 112 Å². The van der Waals surface area contributed by atoms with Crippen molar-refractivity contribution in [3.8, 4) is 0 Å². The van der Waals surface area contributed by atoms with Crippen LogP contribution in [0.4, 0.5) is 5.69 Å². The Morgan fingerprint density at radius 2 is 1.43 bits per heavy atom. The first kappa shape index (κ1) is 33.5. The van der Waals surface area contributed by atoms with E-state index in [2.05, 4.69) is 21.2 Å². The highest BCUT2D eigenvalue weighted by atomic mass is 79.9. The van der Waals surface area contributed by atoms with E-state index in [9.17, 15) is 18.0 Å². The maximum Gasteiger partial charge on any atom is 0.264 e. The van der Waals surface area contributed by atoms with E-state index in [0.29, 0.717) is 21.3 Å². The highest BCUT2D eigenvalue weighted by Crippen LogP contribution is 2.28. The van der Waals surface area contributed by atoms with Crippen molar-refractivity contribution in [1.82, 2.24) is 10.2 Å². The summed E-state index contributed by atoms with van der Waals surface area (Å²) >= 11 is 15.9. The summed E-state index contributed by atoms with van der Waals surface area (Å²) in [5.41, 5.74) is 1.76. The molecule has 0 spiro atoms. The van der Waals surface area contributed by atoms with Crippen molar-refractivity contribution in [2.24, 2.45) is 0 Å². The maximum atomic E-state index is 14.4. The van der Waals surface area contributed by atoms with Gasteiger partial charge in [-0.1, -0.05) is 93.7 Å². The molecule has 0 saturated heterocycles. The predicted molar refractivity (Wildman–Crippen MR) is 179 cm³/mol. The van der Waals surface area contributed by atoms with E-state index in [1.807, 2.05) is 44.2 Å². The molecule has 1 N–H and O–H groups in total. The molecule has 0 heterocycles. The molecule has 0 radical (unpaired) electrons. The highest BCUT2D eigenvalue weighted by molar-refractivity contribution is 9.10. The summed E-state index contributed by atoms with van der Waals surface area (Å²) in [6.45, 7) is 3.10. The zero-order valence-electron chi connectivity index (χ0n) is 24.2. The SMILES string of the molecule is CC(C)NC(=O)[C@H](Cc1ccccc1)N(Cc1ccc(Cl)c(Cl)c1)C(=O)CN(c1ccc(Br)cc1)S(=O)(=O)c1ccccc1. The Hall–Kier alpha value is -3.37. The molecule has 0 aliphatic rings. The van der Waals surface area contributed by atoms with E-state index in [0.717, 1.165) is 14.3 Å². The molecule has 0 aromatic heterocycles. The van der Waals surface area contributed by atoms with Crippen molar-refractivity contribution in [3.63, 3.8) is 0 Å². The van der Waals surface area contributed by atoms with Crippen molar-refractivity contribution in [2.45, 2.75) is 43.8 Å². The molecule has 11 heteroatoms. The summed E-state index contributed by atoms with van der Waals surface area (Å²) in [6.07, 6.45) is 0.205. The summed E-state index contributed by atoms with van der Waals surface area (Å²) in [5.74, 6) is -0.934. The van der Waals surface area contributed by atoms with Crippen LogP contribution in [0.25, 0.3) is 0 Å². The Bertz CT molecular complexity index is 1690. The quantitative estimate of drug-likeness (QED) is 0.169. The molecule has 0 fully saturated rings. The largest absolute Gasteiger partial charge is 0.352 e. The third-order valence-electron chi connectivity index (χ3n) is 6.76. The number of nitrogens with zero attached hydrogens (tertiary/aromatic N) is 2. The number of hydrogen-bond donors (Lipinski definition) is 1. The number of hydrogen-bond acceptors (Lipinski definition) is 4. The Labute approximate surface area is 277 Å². The van der Waals surface area contributed by atoms with Crippen molar-refractivity contribution in [1.29, 1.82) is 0 Å². The van der Waals surface area contributed by atoms with E-state index < -0.39 is 28.5 Å². The lowest BCUT2D eigenvalue weighted by Gasteiger charge is -2.34. The van der Waals surface area contributed by atoms with E-state index in [-0.39, 0.29) is 29.8 Å². The summed E-state index contributed by atoms with van der Waals surface area (Å²) in [7, 11) is -4.17. The summed E-state index contributed by atoms with van der Waals surface area (Å²) in [4.78, 5) is 29.6. The number of benzene rings is 4. The zero-order chi connectivity index (χ0) is 31.9. The van der Waals surface area contributed by atoms with Crippen molar-refractivity contribution in [3.05, 3.63) is 129 Å². The Balaban J connectivity index is 1.81. The van der Waals surface area contributed by atoms with Crippen LogP contribution >= 0.6 is 39.1 Å². The summed E-state index contributed by atoms with van der Waals surface area (Å²) in [5, 5.41) is 3.58. The zero-order valence-corrected chi connectivity index (χ0v) is 28.1. The topological polar surface area (TPSA) is 86.8 Å². The van der Waals surface area contributed by atoms with E-state index in [4.69, 9.17) is 23.2 Å². The van der Waals surface area contributed by atoms with Crippen molar-refractivity contribution >= 4 is 66.7 Å². The van der Waals surface area contributed by atoms with E-state index >= 15 is 0 Å². The Morgan fingerprint density at radius 1 is 0.818 bits per heavy atom. The first-order valence-electron chi connectivity index (χ1n) is 13.9. The monoisotopic (exact) mass is 715 g/mol. The van der Waals surface area contributed by atoms with Gasteiger partial charge in [-0.05, 0) is 73.5 Å². The smallest absolute Gasteiger partial charge is 0.264 e. The van der Waals surface area contributed by atoms with Crippen LogP contribution in [0, 0.1) is 0 Å². The average molecular weight is 718 g/mol. The van der Waals surface area contributed by atoms with Gasteiger partial charge < -0.3 is 10.2 Å². The van der Waals surface area contributed by atoms with E-state index in [1.165, 1.54) is 17.0 Å². The van der Waals surface area contributed by atoms with Gasteiger partial charge in [0.15, 0.2) is 0 Å². The summed E-state index contributed by atoms with van der Waals surface area (Å²) < 4.78 is 29.8. The fourth-order valence-corrected chi connectivity index (χ4v) is 6.65. The van der Waals surface area contributed by atoms with Gasteiger partial charge in [0.1, 0.15) is 12.6 Å². The number of carbonyl (C=O) groups is 2. The van der Waals surface area contributed by atoms with Gasteiger partial charge in [-0.2, -0.15) is 0 Å². The third kappa shape index (κ3) is 8.63. The second-order valence-electron chi connectivity index (χ2n) is 10.4. The number of rotatable bonds is 12. The van der Waals surface area contributed by atoms with Gasteiger partial charge in [-0.15, -0.1) is 0 Å². The van der Waals surface area contributed by atoms with Crippen LogP contribution in [0.5, 0.6) is 0 Å². The van der Waals surface area contributed by atoms with Crippen LogP contribution in [0.1, 0.15) is 25.0 Å². The fraction of sp³-hybridized carbons (Fsp3) is 0.212. The van der Waals surface area contributed by atoms with Crippen molar-refractivity contribution < 1.29 is 18.0 Å². The Kier molecular flexibility index (Phi) is 11.5. The normalized spacial score (nSPS) is 12.0.